The zero-order valence-electron chi connectivity index (χ0n) is 22.2. The summed E-state index contributed by atoms with van der Waals surface area (Å²) in [4.78, 5) is 29.4. The standard InChI is InChI=1S/C29H28FN7O3/c1-16(2)29-34-27(35-40-29)17-5-7-36(8-6-17)28-23-11-20(30)10-22(26(23)32-15-33-28)18-3-4-24(19(9-18)13-31)37-14-21(38)12-25(37)39/h3-4,9-11,15-17,21,38H,5-8,12,14H2,1-2H3. The highest BCUT2D eigenvalue weighted by atomic mass is 19.1. The summed E-state index contributed by atoms with van der Waals surface area (Å²) < 4.78 is 20.4. The van der Waals surface area contributed by atoms with Crippen LogP contribution in [0.3, 0.4) is 0 Å². The Balaban J connectivity index is 1.31. The van der Waals surface area contributed by atoms with Gasteiger partial charge in [0.25, 0.3) is 0 Å². The van der Waals surface area contributed by atoms with Gasteiger partial charge in [-0.05, 0) is 42.7 Å². The van der Waals surface area contributed by atoms with Crippen LogP contribution in [0.15, 0.2) is 41.2 Å². The fraction of sp³-hybridized carbons (Fsp3) is 0.379. The average molecular weight is 542 g/mol. The Morgan fingerprint density at radius 1 is 1.18 bits per heavy atom. The number of halogens is 1. The van der Waals surface area contributed by atoms with Gasteiger partial charge in [-0.25, -0.2) is 14.4 Å². The van der Waals surface area contributed by atoms with E-state index in [1.807, 2.05) is 13.8 Å². The molecule has 4 aromatic rings. The lowest BCUT2D eigenvalue weighted by Crippen LogP contribution is -2.34. The molecule has 0 bridgehead atoms. The van der Waals surface area contributed by atoms with Gasteiger partial charge in [0.1, 0.15) is 24.0 Å². The normalized spacial score (nSPS) is 18.2. The molecule has 0 saturated carbocycles. The molecule has 2 aromatic carbocycles. The summed E-state index contributed by atoms with van der Waals surface area (Å²) in [5.41, 5.74) is 2.37. The number of piperidine rings is 1. The van der Waals surface area contributed by atoms with Crippen molar-refractivity contribution in [1.82, 2.24) is 20.1 Å². The van der Waals surface area contributed by atoms with Crippen molar-refractivity contribution in [3.05, 3.63) is 59.8 Å². The van der Waals surface area contributed by atoms with E-state index in [1.54, 1.807) is 18.2 Å². The number of benzene rings is 2. The molecule has 2 aliphatic rings. The summed E-state index contributed by atoms with van der Waals surface area (Å²) in [7, 11) is 0. The second-order valence-corrected chi connectivity index (χ2v) is 10.7. The Morgan fingerprint density at radius 2 is 1.98 bits per heavy atom. The maximum atomic E-state index is 15.0. The first-order valence-corrected chi connectivity index (χ1v) is 13.4. The Kier molecular flexibility index (Phi) is 6.64. The van der Waals surface area contributed by atoms with Crippen LogP contribution in [0.4, 0.5) is 15.9 Å². The third kappa shape index (κ3) is 4.64. The molecule has 10 nitrogen and oxygen atoms in total. The molecule has 0 radical (unpaired) electrons. The highest BCUT2D eigenvalue weighted by Gasteiger charge is 2.31. The van der Waals surface area contributed by atoms with Crippen molar-refractivity contribution in [3.63, 3.8) is 0 Å². The second kappa shape index (κ2) is 10.3. The lowest BCUT2D eigenvalue weighted by Gasteiger charge is -2.32. The predicted octanol–water partition coefficient (Wildman–Crippen LogP) is 4.30. The van der Waals surface area contributed by atoms with Gasteiger partial charge in [-0.15, -0.1) is 0 Å². The number of β-amino-alcohol motifs (C(OH)–C–C–N with tert-alkyl or cyclic N) is 1. The minimum Gasteiger partial charge on any atom is -0.391 e. The minimum atomic E-state index is -0.768. The van der Waals surface area contributed by atoms with E-state index in [9.17, 15) is 15.2 Å². The third-order valence-electron chi connectivity index (χ3n) is 7.62. The SMILES string of the molecule is CC(C)c1nc(C2CCN(c3ncnc4c(-c5ccc(N6CC(O)CC6=O)c(C#N)c5)cc(F)cc34)CC2)no1. The van der Waals surface area contributed by atoms with E-state index in [4.69, 9.17) is 4.52 Å². The molecule has 2 aromatic heterocycles. The molecule has 1 N–H and O–H groups in total. The van der Waals surface area contributed by atoms with Crippen LogP contribution in [-0.4, -0.2) is 56.9 Å². The zero-order valence-corrected chi connectivity index (χ0v) is 22.2. The maximum Gasteiger partial charge on any atom is 0.229 e. The lowest BCUT2D eigenvalue weighted by molar-refractivity contribution is -0.117. The van der Waals surface area contributed by atoms with Crippen molar-refractivity contribution in [2.45, 2.75) is 51.0 Å². The van der Waals surface area contributed by atoms with Gasteiger partial charge in [0.05, 0.1) is 35.8 Å². The molecule has 204 valence electrons. The van der Waals surface area contributed by atoms with Crippen LogP contribution in [0.2, 0.25) is 0 Å². The second-order valence-electron chi connectivity index (χ2n) is 10.7. The number of aliphatic hydroxyl groups is 1. The molecule has 2 fully saturated rings. The summed E-state index contributed by atoms with van der Waals surface area (Å²) in [6.45, 7) is 5.55. The van der Waals surface area contributed by atoms with Crippen molar-refractivity contribution in [3.8, 4) is 17.2 Å². The number of anilines is 2. The van der Waals surface area contributed by atoms with Crippen molar-refractivity contribution in [1.29, 1.82) is 5.26 Å². The van der Waals surface area contributed by atoms with Gasteiger partial charge < -0.3 is 19.4 Å². The number of hydrogen-bond donors (Lipinski definition) is 1. The van der Waals surface area contributed by atoms with E-state index < -0.39 is 11.9 Å². The van der Waals surface area contributed by atoms with E-state index in [2.05, 4.69) is 31.1 Å². The molecule has 40 heavy (non-hydrogen) atoms. The molecule has 1 atom stereocenters. The molecule has 1 amide bonds. The van der Waals surface area contributed by atoms with Gasteiger partial charge in [-0.3, -0.25) is 4.79 Å². The number of nitriles is 1. The number of aliphatic hydroxyl groups excluding tert-OH is 1. The molecule has 0 aliphatic carbocycles. The molecule has 0 spiro atoms. The number of hydrogen-bond acceptors (Lipinski definition) is 9. The Labute approximate surface area is 230 Å². The molecular weight excluding hydrogens is 513 g/mol. The van der Waals surface area contributed by atoms with Crippen LogP contribution in [0.25, 0.3) is 22.0 Å². The van der Waals surface area contributed by atoms with E-state index in [0.29, 0.717) is 52.5 Å². The first-order chi connectivity index (χ1) is 19.3. The Hall–Kier alpha value is -4.43. The van der Waals surface area contributed by atoms with E-state index in [0.717, 1.165) is 18.7 Å². The summed E-state index contributed by atoms with van der Waals surface area (Å²) in [5.74, 6) is 1.68. The van der Waals surface area contributed by atoms with Crippen LogP contribution >= 0.6 is 0 Å². The van der Waals surface area contributed by atoms with Crippen LogP contribution in [0.1, 0.15) is 62.2 Å². The number of carbonyl (C=O) groups excluding carboxylic acids is 1. The fourth-order valence-electron chi connectivity index (χ4n) is 5.54. The largest absolute Gasteiger partial charge is 0.391 e. The van der Waals surface area contributed by atoms with Gasteiger partial charge in [0.15, 0.2) is 5.82 Å². The fourth-order valence-corrected chi connectivity index (χ4v) is 5.54. The van der Waals surface area contributed by atoms with Crippen molar-refractivity contribution >= 4 is 28.3 Å². The van der Waals surface area contributed by atoms with E-state index in [1.165, 1.54) is 23.4 Å². The number of amides is 1. The van der Waals surface area contributed by atoms with E-state index in [-0.39, 0.29) is 36.3 Å². The number of aromatic nitrogens is 4. The summed E-state index contributed by atoms with van der Waals surface area (Å²) in [5, 5.41) is 24.5. The first kappa shape index (κ1) is 25.8. The number of carbonyl (C=O) groups is 1. The number of fused-ring (bicyclic) bond motifs is 1. The predicted molar refractivity (Wildman–Crippen MR) is 145 cm³/mol. The van der Waals surface area contributed by atoms with Gasteiger partial charge in [-0.1, -0.05) is 25.1 Å². The zero-order chi connectivity index (χ0) is 28.0. The molecule has 1 unspecified atom stereocenters. The number of rotatable bonds is 5. The molecule has 2 saturated heterocycles. The van der Waals surface area contributed by atoms with Crippen LogP contribution in [0.5, 0.6) is 0 Å². The monoisotopic (exact) mass is 541 g/mol. The lowest BCUT2D eigenvalue weighted by atomic mass is 9.95. The van der Waals surface area contributed by atoms with Crippen LogP contribution in [-0.2, 0) is 4.79 Å². The van der Waals surface area contributed by atoms with Crippen molar-refractivity contribution < 1.29 is 18.8 Å². The summed E-state index contributed by atoms with van der Waals surface area (Å²) >= 11 is 0. The van der Waals surface area contributed by atoms with Crippen molar-refractivity contribution in [2.75, 3.05) is 29.4 Å². The summed E-state index contributed by atoms with van der Waals surface area (Å²) in [6, 6.07) is 10.0. The minimum absolute atomic E-state index is 0.0200. The first-order valence-electron chi connectivity index (χ1n) is 13.4. The highest BCUT2D eigenvalue weighted by Crippen LogP contribution is 2.37. The van der Waals surface area contributed by atoms with Crippen LogP contribution < -0.4 is 9.80 Å². The van der Waals surface area contributed by atoms with Gasteiger partial charge in [0, 0.05) is 35.9 Å². The smallest absolute Gasteiger partial charge is 0.229 e. The quantitative estimate of drug-likeness (QED) is 0.393. The van der Waals surface area contributed by atoms with Gasteiger partial charge in [0.2, 0.25) is 11.8 Å². The Morgan fingerprint density at radius 3 is 2.65 bits per heavy atom. The number of nitrogens with zero attached hydrogens (tertiary/aromatic N) is 7. The molecule has 11 heteroatoms. The maximum absolute atomic E-state index is 15.0. The summed E-state index contributed by atoms with van der Waals surface area (Å²) in [6.07, 6.45) is 2.34. The van der Waals surface area contributed by atoms with Gasteiger partial charge >= 0.3 is 0 Å². The molecule has 2 aliphatic heterocycles. The Bertz CT molecular complexity index is 1640. The average Bonchev–Trinajstić information content (AvgIpc) is 3.58. The highest BCUT2D eigenvalue weighted by molar-refractivity contribution is 6.01. The molecular formula is C29H28FN7O3. The third-order valence-corrected chi connectivity index (χ3v) is 7.62. The van der Waals surface area contributed by atoms with Crippen LogP contribution in [0, 0.1) is 17.1 Å². The van der Waals surface area contributed by atoms with Crippen molar-refractivity contribution in [2.24, 2.45) is 0 Å². The van der Waals surface area contributed by atoms with E-state index >= 15 is 4.39 Å². The molecule has 4 heterocycles. The molecule has 6 rings (SSSR count). The van der Waals surface area contributed by atoms with Gasteiger partial charge in [-0.2, -0.15) is 10.2 Å². The topological polar surface area (TPSA) is 132 Å².